The quantitative estimate of drug-likeness (QED) is 0.414. The molecule has 10 heteroatoms. The Morgan fingerprint density at radius 3 is 2.44 bits per heavy atom. The SMILES string of the molecule is CCN(Cc1ccccc1)S(=O)(=O)c1ccc(C(=O)Nc2nnc(-c3cccs3)o2)cc1. The average Bonchev–Trinajstić information content (AvgIpc) is 3.50. The van der Waals surface area contributed by atoms with Crippen LogP contribution >= 0.6 is 11.3 Å². The van der Waals surface area contributed by atoms with Crippen molar-refractivity contribution < 1.29 is 17.6 Å². The molecule has 4 rings (SSSR count). The summed E-state index contributed by atoms with van der Waals surface area (Å²) in [4.78, 5) is 13.4. The van der Waals surface area contributed by atoms with E-state index in [1.165, 1.54) is 39.9 Å². The molecule has 2 aromatic carbocycles. The zero-order valence-electron chi connectivity index (χ0n) is 17.1. The summed E-state index contributed by atoms with van der Waals surface area (Å²) in [6.07, 6.45) is 0. The molecule has 0 bridgehead atoms. The van der Waals surface area contributed by atoms with Crippen LogP contribution in [0.2, 0.25) is 0 Å². The number of thiophene rings is 1. The van der Waals surface area contributed by atoms with E-state index in [9.17, 15) is 13.2 Å². The van der Waals surface area contributed by atoms with E-state index in [1.54, 1.807) is 6.92 Å². The third-order valence-electron chi connectivity index (χ3n) is 4.69. The number of hydrogen-bond donors (Lipinski definition) is 1. The minimum atomic E-state index is -3.71. The van der Waals surface area contributed by atoms with Gasteiger partial charge in [0.15, 0.2) is 0 Å². The summed E-state index contributed by atoms with van der Waals surface area (Å²) < 4.78 is 32.9. The first-order chi connectivity index (χ1) is 15.5. The number of aromatic nitrogens is 2. The third kappa shape index (κ3) is 4.77. The Labute approximate surface area is 189 Å². The fraction of sp³-hybridized carbons (Fsp3) is 0.136. The lowest BCUT2D eigenvalue weighted by Crippen LogP contribution is -2.30. The van der Waals surface area contributed by atoms with E-state index in [2.05, 4.69) is 15.5 Å². The van der Waals surface area contributed by atoms with Crippen LogP contribution in [0.5, 0.6) is 0 Å². The van der Waals surface area contributed by atoms with Gasteiger partial charge in [0, 0.05) is 18.7 Å². The number of rotatable bonds is 8. The molecule has 0 aliphatic rings. The van der Waals surface area contributed by atoms with Gasteiger partial charge < -0.3 is 4.42 Å². The maximum Gasteiger partial charge on any atom is 0.322 e. The predicted molar refractivity (Wildman–Crippen MR) is 122 cm³/mol. The van der Waals surface area contributed by atoms with Crippen LogP contribution in [0.3, 0.4) is 0 Å². The molecule has 0 atom stereocenters. The topological polar surface area (TPSA) is 105 Å². The molecule has 0 fully saturated rings. The van der Waals surface area contributed by atoms with E-state index in [-0.39, 0.29) is 23.0 Å². The van der Waals surface area contributed by atoms with Crippen LogP contribution in [-0.2, 0) is 16.6 Å². The molecule has 32 heavy (non-hydrogen) atoms. The van der Waals surface area contributed by atoms with E-state index < -0.39 is 15.9 Å². The highest BCUT2D eigenvalue weighted by Crippen LogP contribution is 2.25. The Kier molecular flexibility index (Phi) is 6.45. The maximum absolute atomic E-state index is 13.0. The molecule has 0 saturated carbocycles. The fourth-order valence-corrected chi connectivity index (χ4v) is 5.11. The lowest BCUT2D eigenvalue weighted by molar-refractivity contribution is 0.102. The minimum Gasteiger partial charge on any atom is -0.402 e. The number of benzene rings is 2. The average molecular weight is 469 g/mol. The molecule has 1 amide bonds. The Morgan fingerprint density at radius 1 is 1.03 bits per heavy atom. The van der Waals surface area contributed by atoms with Gasteiger partial charge in [-0.2, -0.15) is 4.31 Å². The van der Waals surface area contributed by atoms with Crippen molar-refractivity contribution in [3.05, 3.63) is 83.2 Å². The molecular weight excluding hydrogens is 448 g/mol. The van der Waals surface area contributed by atoms with E-state index in [0.717, 1.165) is 10.4 Å². The fourth-order valence-electron chi connectivity index (χ4n) is 3.02. The Morgan fingerprint density at radius 2 is 1.78 bits per heavy atom. The molecular formula is C22H20N4O4S2. The van der Waals surface area contributed by atoms with Gasteiger partial charge >= 0.3 is 6.01 Å². The van der Waals surface area contributed by atoms with E-state index in [4.69, 9.17) is 4.42 Å². The van der Waals surface area contributed by atoms with Crippen molar-refractivity contribution in [3.8, 4) is 10.8 Å². The number of sulfonamides is 1. The molecule has 0 unspecified atom stereocenters. The van der Waals surface area contributed by atoms with Gasteiger partial charge in [-0.05, 0) is 41.3 Å². The molecule has 0 radical (unpaired) electrons. The monoisotopic (exact) mass is 468 g/mol. The predicted octanol–water partition coefficient (Wildman–Crippen LogP) is 4.26. The van der Waals surface area contributed by atoms with Gasteiger partial charge in [0.05, 0.1) is 9.77 Å². The van der Waals surface area contributed by atoms with E-state index in [1.807, 2.05) is 47.8 Å². The van der Waals surface area contributed by atoms with Gasteiger partial charge in [0.25, 0.3) is 11.8 Å². The van der Waals surface area contributed by atoms with Crippen LogP contribution in [-0.4, -0.2) is 35.4 Å². The third-order valence-corrected chi connectivity index (χ3v) is 7.48. The maximum atomic E-state index is 13.0. The first-order valence-corrected chi connectivity index (χ1v) is 12.1. The van der Waals surface area contributed by atoms with Crippen molar-refractivity contribution in [2.75, 3.05) is 11.9 Å². The number of carbonyl (C=O) groups is 1. The van der Waals surface area contributed by atoms with Gasteiger partial charge in [-0.3, -0.25) is 10.1 Å². The molecule has 2 aromatic heterocycles. The second kappa shape index (κ2) is 9.43. The number of nitrogens with zero attached hydrogens (tertiary/aromatic N) is 3. The highest BCUT2D eigenvalue weighted by molar-refractivity contribution is 7.89. The summed E-state index contributed by atoms with van der Waals surface area (Å²) in [5, 5.41) is 12.1. The van der Waals surface area contributed by atoms with Crippen LogP contribution < -0.4 is 5.32 Å². The van der Waals surface area contributed by atoms with E-state index >= 15 is 0 Å². The van der Waals surface area contributed by atoms with Crippen molar-refractivity contribution >= 4 is 33.3 Å². The largest absolute Gasteiger partial charge is 0.402 e. The summed E-state index contributed by atoms with van der Waals surface area (Å²) in [5.74, 6) is -0.165. The Hall–Kier alpha value is -3.34. The second-order valence-electron chi connectivity index (χ2n) is 6.78. The smallest absolute Gasteiger partial charge is 0.322 e. The molecule has 1 N–H and O–H groups in total. The van der Waals surface area contributed by atoms with Gasteiger partial charge in [0.2, 0.25) is 10.0 Å². The molecule has 2 heterocycles. The van der Waals surface area contributed by atoms with Crippen LogP contribution in [0.1, 0.15) is 22.8 Å². The molecule has 0 aliphatic heterocycles. The molecule has 0 aliphatic carbocycles. The van der Waals surface area contributed by atoms with E-state index in [0.29, 0.717) is 12.4 Å². The standard InChI is InChI=1S/C22H20N4O4S2/c1-2-26(15-16-7-4-3-5-8-16)32(28,29)18-12-10-17(11-13-18)20(27)23-22-25-24-21(30-22)19-9-6-14-31-19/h3-14H,2,15H2,1H3,(H,23,25,27). The number of nitrogens with one attached hydrogen (secondary N) is 1. The van der Waals surface area contributed by atoms with Gasteiger partial charge in [-0.25, -0.2) is 8.42 Å². The highest BCUT2D eigenvalue weighted by atomic mass is 32.2. The zero-order valence-corrected chi connectivity index (χ0v) is 18.8. The number of amides is 1. The normalized spacial score (nSPS) is 11.6. The molecule has 4 aromatic rings. The van der Waals surface area contributed by atoms with Crippen molar-refractivity contribution in [2.45, 2.75) is 18.4 Å². The molecule has 0 saturated heterocycles. The molecule has 164 valence electrons. The lowest BCUT2D eigenvalue weighted by Gasteiger charge is -2.20. The summed E-state index contributed by atoms with van der Waals surface area (Å²) in [7, 11) is -3.71. The van der Waals surface area contributed by atoms with Crippen molar-refractivity contribution in [2.24, 2.45) is 0 Å². The van der Waals surface area contributed by atoms with Crippen LogP contribution in [0.15, 0.2) is 81.4 Å². The summed E-state index contributed by atoms with van der Waals surface area (Å²) in [6.45, 7) is 2.38. The molecule has 0 spiro atoms. The highest BCUT2D eigenvalue weighted by Gasteiger charge is 2.23. The van der Waals surface area contributed by atoms with Gasteiger partial charge in [0.1, 0.15) is 0 Å². The number of anilines is 1. The number of hydrogen-bond acceptors (Lipinski definition) is 7. The van der Waals surface area contributed by atoms with Gasteiger partial charge in [-0.1, -0.05) is 48.4 Å². The van der Waals surface area contributed by atoms with Crippen molar-refractivity contribution in [1.29, 1.82) is 0 Å². The summed E-state index contributed by atoms with van der Waals surface area (Å²) >= 11 is 1.44. The first-order valence-electron chi connectivity index (χ1n) is 9.80. The second-order valence-corrected chi connectivity index (χ2v) is 9.67. The zero-order chi connectivity index (χ0) is 22.6. The van der Waals surface area contributed by atoms with Crippen LogP contribution in [0, 0.1) is 0 Å². The lowest BCUT2D eigenvalue weighted by atomic mass is 10.2. The van der Waals surface area contributed by atoms with Gasteiger partial charge in [-0.15, -0.1) is 16.4 Å². The minimum absolute atomic E-state index is 0.0323. The van der Waals surface area contributed by atoms with Crippen LogP contribution in [0.25, 0.3) is 10.8 Å². The number of carbonyl (C=O) groups excluding carboxylic acids is 1. The summed E-state index contributed by atoms with van der Waals surface area (Å²) in [6, 6.07) is 18.8. The molecule has 8 nitrogen and oxygen atoms in total. The first kappa shape index (κ1) is 21.9. The Bertz CT molecular complexity index is 1290. The van der Waals surface area contributed by atoms with Crippen molar-refractivity contribution in [3.63, 3.8) is 0 Å². The van der Waals surface area contributed by atoms with Crippen LogP contribution in [0.4, 0.5) is 6.01 Å². The van der Waals surface area contributed by atoms with Crippen molar-refractivity contribution in [1.82, 2.24) is 14.5 Å². The summed E-state index contributed by atoms with van der Waals surface area (Å²) in [5.41, 5.74) is 1.17. The Balaban J connectivity index is 1.46.